The Morgan fingerprint density at radius 2 is 2.24 bits per heavy atom. The Bertz CT molecular complexity index is 284. The largest absolute Gasteiger partial charge is 0.480 e. The Morgan fingerprint density at radius 3 is 2.82 bits per heavy atom. The Balaban J connectivity index is 2.29. The third kappa shape index (κ3) is 4.55. The second-order valence-corrected chi connectivity index (χ2v) is 5.43. The number of rotatable bonds is 6. The molecule has 0 aromatic rings. The molecule has 0 radical (unpaired) electrons. The minimum atomic E-state index is -0.899. The van der Waals surface area contributed by atoms with Gasteiger partial charge in [0.15, 0.2) is 0 Å². The maximum Gasteiger partial charge on any atom is 0.327 e. The van der Waals surface area contributed by atoms with Gasteiger partial charge < -0.3 is 15.3 Å². The van der Waals surface area contributed by atoms with Crippen LogP contribution < -0.4 is 5.32 Å². The highest BCUT2D eigenvalue weighted by molar-refractivity contribution is 7.99. The maximum atomic E-state index is 11.8. The van der Waals surface area contributed by atoms with E-state index in [2.05, 4.69) is 19.2 Å². The van der Waals surface area contributed by atoms with Crippen LogP contribution in [0.1, 0.15) is 26.7 Å². The number of carbonyl (C=O) groups excluding carboxylic acids is 1. The lowest BCUT2D eigenvalue weighted by atomic mass is 10.2. The summed E-state index contributed by atoms with van der Waals surface area (Å²) in [5.74, 6) is 0.0650. The van der Waals surface area contributed by atoms with Crippen LogP contribution in [0.25, 0.3) is 0 Å². The van der Waals surface area contributed by atoms with Crippen molar-refractivity contribution in [2.45, 2.75) is 38.8 Å². The Morgan fingerprint density at radius 1 is 1.53 bits per heavy atom. The van der Waals surface area contributed by atoms with Crippen LogP contribution in [0.5, 0.6) is 0 Å². The summed E-state index contributed by atoms with van der Waals surface area (Å²) in [6.07, 6.45) is 1.18. The first kappa shape index (κ1) is 14.3. The van der Waals surface area contributed by atoms with Gasteiger partial charge in [0.05, 0.1) is 5.88 Å². The fourth-order valence-electron chi connectivity index (χ4n) is 1.67. The second kappa shape index (κ2) is 6.86. The number of carboxylic acid groups (broad SMARTS) is 1. The predicted molar refractivity (Wildman–Crippen MR) is 68.0 cm³/mol. The number of carbonyl (C=O) groups is 2. The molecule has 1 unspecified atom stereocenters. The molecule has 1 aliphatic rings. The van der Waals surface area contributed by atoms with Crippen molar-refractivity contribution >= 4 is 23.6 Å². The quantitative estimate of drug-likeness (QED) is 0.690. The van der Waals surface area contributed by atoms with Crippen molar-refractivity contribution in [1.82, 2.24) is 10.2 Å². The van der Waals surface area contributed by atoms with E-state index in [1.165, 1.54) is 16.7 Å². The molecule has 5 nitrogen and oxygen atoms in total. The van der Waals surface area contributed by atoms with E-state index in [-0.39, 0.29) is 5.91 Å². The fraction of sp³-hybridized carbons (Fsp3) is 0.818. The molecule has 1 heterocycles. The summed E-state index contributed by atoms with van der Waals surface area (Å²) in [6.45, 7) is 4.90. The molecule has 0 spiro atoms. The van der Waals surface area contributed by atoms with Gasteiger partial charge in [-0.15, -0.1) is 11.8 Å². The predicted octanol–water partition coefficient (Wildman–Crippen LogP) is 0.751. The Kier molecular flexibility index (Phi) is 5.77. The third-order valence-electron chi connectivity index (χ3n) is 2.61. The van der Waals surface area contributed by atoms with Crippen LogP contribution >= 0.6 is 11.8 Å². The number of nitrogens with zero attached hydrogens (tertiary/aromatic N) is 1. The standard InChI is InChI=1S/C11H20N2O3S/c1-8(2)12-5-3-4-10(14)13-7-17-6-9(13)11(15)16/h8-9,12H,3-7H2,1-2H3,(H,15,16). The van der Waals surface area contributed by atoms with E-state index >= 15 is 0 Å². The number of hydrogen-bond acceptors (Lipinski definition) is 4. The summed E-state index contributed by atoms with van der Waals surface area (Å²) < 4.78 is 0. The van der Waals surface area contributed by atoms with Crippen LogP contribution in [0.3, 0.4) is 0 Å². The van der Waals surface area contributed by atoms with E-state index in [0.29, 0.717) is 24.1 Å². The number of nitrogens with one attached hydrogen (secondary N) is 1. The van der Waals surface area contributed by atoms with Gasteiger partial charge >= 0.3 is 5.97 Å². The molecule has 98 valence electrons. The summed E-state index contributed by atoms with van der Waals surface area (Å²) in [5.41, 5.74) is 0. The van der Waals surface area contributed by atoms with Crippen molar-refractivity contribution in [2.24, 2.45) is 0 Å². The number of carboxylic acids is 1. The van der Waals surface area contributed by atoms with E-state index in [0.717, 1.165) is 13.0 Å². The third-order valence-corrected chi connectivity index (χ3v) is 3.62. The highest BCUT2D eigenvalue weighted by Gasteiger charge is 2.33. The summed E-state index contributed by atoms with van der Waals surface area (Å²) in [4.78, 5) is 24.2. The molecule has 1 saturated heterocycles. The SMILES string of the molecule is CC(C)NCCCC(=O)N1CSCC1C(=O)O. The van der Waals surface area contributed by atoms with Crippen molar-refractivity contribution in [3.8, 4) is 0 Å². The minimum absolute atomic E-state index is 0.0482. The maximum absolute atomic E-state index is 11.8. The van der Waals surface area contributed by atoms with Crippen LogP contribution in [0, 0.1) is 0 Å². The summed E-state index contributed by atoms with van der Waals surface area (Å²) in [6, 6.07) is -0.218. The molecule has 6 heteroatoms. The van der Waals surface area contributed by atoms with Gasteiger partial charge in [0.2, 0.25) is 5.91 Å². The van der Waals surface area contributed by atoms with Crippen LogP contribution in [0.4, 0.5) is 0 Å². The lowest BCUT2D eigenvalue weighted by Crippen LogP contribution is -2.41. The summed E-state index contributed by atoms with van der Waals surface area (Å²) in [7, 11) is 0. The summed E-state index contributed by atoms with van der Waals surface area (Å²) >= 11 is 1.50. The molecule has 1 amide bonds. The minimum Gasteiger partial charge on any atom is -0.480 e. The molecule has 0 bridgehead atoms. The average molecular weight is 260 g/mol. The van der Waals surface area contributed by atoms with Gasteiger partial charge in [0.25, 0.3) is 0 Å². The molecule has 0 aromatic carbocycles. The molecular weight excluding hydrogens is 240 g/mol. The monoisotopic (exact) mass is 260 g/mol. The summed E-state index contributed by atoms with van der Waals surface area (Å²) in [5, 5.41) is 12.2. The van der Waals surface area contributed by atoms with Gasteiger partial charge in [-0.2, -0.15) is 0 Å². The first-order chi connectivity index (χ1) is 8.02. The number of thioether (sulfide) groups is 1. The van der Waals surface area contributed by atoms with Crippen molar-refractivity contribution in [3.05, 3.63) is 0 Å². The lowest BCUT2D eigenvalue weighted by Gasteiger charge is -2.20. The first-order valence-corrected chi connectivity index (χ1v) is 7.01. The van der Waals surface area contributed by atoms with Crippen LogP contribution in [-0.4, -0.2) is 52.1 Å². The van der Waals surface area contributed by atoms with Gasteiger partial charge in [0.1, 0.15) is 6.04 Å². The molecule has 0 saturated carbocycles. The number of amides is 1. The molecular formula is C11H20N2O3S. The van der Waals surface area contributed by atoms with Gasteiger partial charge in [-0.05, 0) is 13.0 Å². The van der Waals surface area contributed by atoms with Crippen molar-refractivity contribution in [1.29, 1.82) is 0 Å². The van der Waals surface area contributed by atoms with E-state index in [1.54, 1.807) is 0 Å². The van der Waals surface area contributed by atoms with E-state index in [9.17, 15) is 9.59 Å². The zero-order valence-electron chi connectivity index (χ0n) is 10.3. The van der Waals surface area contributed by atoms with Crippen LogP contribution in [-0.2, 0) is 9.59 Å². The normalized spacial score (nSPS) is 19.9. The molecule has 1 rings (SSSR count). The molecule has 17 heavy (non-hydrogen) atoms. The second-order valence-electron chi connectivity index (χ2n) is 4.43. The van der Waals surface area contributed by atoms with Gasteiger partial charge in [-0.1, -0.05) is 13.8 Å². The molecule has 1 aliphatic heterocycles. The average Bonchev–Trinajstić information content (AvgIpc) is 2.72. The van der Waals surface area contributed by atoms with Gasteiger partial charge in [-0.25, -0.2) is 4.79 Å². The van der Waals surface area contributed by atoms with Crippen LogP contribution in [0.2, 0.25) is 0 Å². The van der Waals surface area contributed by atoms with Gasteiger partial charge in [0, 0.05) is 18.2 Å². The van der Waals surface area contributed by atoms with Crippen LogP contribution in [0.15, 0.2) is 0 Å². The molecule has 1 fully saturated rings. The Hall–Kier alpha value is -0.750. The Labute approximate surface area is 106 Å². The molecule has 1 atom stereocenters. The van der Waals surface area contributed by atoms with Crippen molar-refractivity contribution in [3.63, 3.8) is 0 Å². The lowest BCUT2D eigenvalue weighted by molar-refractivity contribution is -0.147. The van der Waals surface area contributed by atoms with Crippen molar-refractivity contribution in [2.75, 3.05) is 18.2 Å². The molecule has 2 N–H and O–H groups in total. The van der Waals surface area contributed by atoms with Crippen molar-refractivity contribution < 1.29 is 14.7 Å². The smallest absolute Gasteiger partial charge is 0.327 e. The molecule has 0 aliphatic carbocycles. The highest BCUT2D eigenvalue weighted by Crippen LogP contribution is 2.22. The topological polar surface area (TPSA) is 69.6 Å². The zero-order valence-corrected chi connectivity index (χ0v) is 11.1. The van der Waals surface area contributed by atoms with E-state index in [4.69, 9.17) is 5.11 Å². The fourth-order valence-corrected chi connectivity index (χ4v) is 2.84. The first-order valence-electron chi connectivity index (χ1n) is 5.85. The molecule has 0 aromatic heterocycles. The number of aliphatic carboxylic acids is 1. The number of hydrogen-bond donors (Lipinski definition) is 2. The van der Waals surface area contributed by atoms with E-state index < -0.39 is 12.0 Å². The highest BCUT2D eigenvalue weighted by atomic mass is 32.2. The van der Waals surface area contributed by atoms with E-state index in [1.807, 2.05) is 0 Å². The zero-order chi connectivity index (χ0) is 12.8. The van der Waals surface area contributed by atoms with Gasteiger partial charge in [-0.3, -0.25) is 4.79 Å².